The Morgan fingerprint density at radius 1 is 1.37 bits per heavy atom. The molecular formula is C20H23N7OS2. The molecule has 3 heterocycles. The summed E-state index contributed by atoms with van der Waals surface area (Å²) in [6.07, 6.45) is 3.64. The number of carbonyl (C=O) groups is 1. The van der Waals surface area contributed by atoms with Gasteiger partial charge in [-0.3, -0.25) is 14.4 Å². The van der Waals surface area contributed by atoms with E-state index in [0.29, 0.717) is 40.2 Å². The molecule has 2 N–H and O–H groups in total. The minimum absolute atomic E-state index is 0.0519. The summed E-state index contributed by atoms with van der Waals surface area (Å²) in [5.41, 5.74) is 10.1. The number of anilines is 1. The van der Waals surface area contributed by atoms with Gasteiger partial charge in [0.2, 0.25) is 5.13 Å². The Bertz CT molecular complexity index is 1120. The highest BCUT2D eigenvalue weighted by Crippen LogP contribution is 2.47. The zero-order valence-electron chi connectivity index (χ0n) is 17.3. The number of nitrogens with two attached hydrogens (primary N) is 1. The molecule has 0 aromatic carbocycles. The second-order valence-electron chi connectivity index (χ2n) is 7.64. The van der Waals surface area contributed by atoms with Gasteiger partial charge in [-0.1, -0.05) is 36.9 Å². The largest absolute Gasteiger partial charge is 0.384 e. The molecule has 2 aromatic heterocycles. The molecule has 0 bridgehead atoms. The maximum absolute atomic E-state index is 13.1. The number of ketones is 1. The summed E-state index contributed by atoms with van der Waals surface area (Å²) in [5.74, 6) is -0.132. The molecule has 1 unspecified atom stereocenters. The van der Waals surface area contributed by atoms with Crippen LogP contribution in [0.2, 0.25) is 0 Å². The van der Waals surface area contributed by atoms with Crippen molar-refractivity contribution in [2.75, 3.05) is 4.90 Å². The smallest absolute Gasteiger partial charge is 0.219 e. The summed E-state index contributed by atoms with van der Waals surface area (Å²) < 4.78 is 2.58. The third-order valence-corrected chi connectivity index (χ3v) is 7.42. The number of Topliss-reactive ketones (excluding diaryl/α,β-unsaturated/α-hetero) is 1. The van der Waals surface area contributed by atoms with Crippen LogP contribution in [0.25, 0.3) is 0 Å². The molecule has 4 rings (SSSR count). The number of aromatic nitrogens is 4. The normalized spacial score (nSPS) is 19.5. The number of nitrogens with zero attached hydrogens (tertiary/aromatic N) is 6. The Hall–Kier alpha value is -2.64. The minimum Gasteiger partial charge on any atom is -0.384 e. The van der Waals surface area contributed by atoms with E-state index in [0.717, 1.165) is 27.7 Å². The van der Waals surface area contributed by atoms with Crippen LogP contribution in [0.4, 0.5) is 5.13 Å². The Kier molecular flexibility index (Phi) is 5.42. The Balaban J connectivity index is 1.90. The Morgan fingerprint density at radius 2 is 2.13 bits per heavy atom. The van der Waals surface area contributed by atoms with Gasteiger partial charge in [-0.2, -0.15) is 10.4 Å². The number of rotatable bonds is 4. The highest BCUT2D eigenvalue weighted by atomic mass is 32.2. The topological polar surface area (TPSA) is 114 Å². The van der Waals surface area contributed by atoms with Gasteiger partial charge in [-0.05, 0) is 19.8 Å². The van der Waals surface area contributed by atoms with Crippen molar-refractivity contribution in [1.29, 1.82) is 5.26 Å². The van der Waals surface area contributed by atoms with Crippen molar-refractivity contribution in [2.45, 2.75) is 55.5 Å². The van der Waals surface area contributed by atoms with Crippen molar-refractivity contribution in [3.05, 3.63) is 40.1 Å². The molecule has 0 radical (unpaired) electrons. The quantitative estimate of drug-likeness (QED) is 0.718. The first-order valence-electron chi connectivity index (χ1n) is 9.78. The van der Waals surface area contributed by atoms with E-state index in [1.807, 2.05) is 14.0 Å². The SMILES string of the molecule is Cc1c(C2C(C#N)=C(N)N(c3nnc(SC(C)C)s3)C3=C2C(=O)CCC3)cnn1C. The van der Waals surface area contributed by atoms with Crippen LogP contribution < -0.4 is 10.6 Å². The van der Waals surface area contributed by atoms with Crippen LogP contribution in [0, 0.1) is 18.3 Å². The van der Waals surface area contributed by atoms with E-state index < -0.39 is 5.92 Å². The predicted octanol–water partition coefficient (Wildman–Crippen LogP) is 3.39. The number of allylic oxidation sites excluding steroid dienone is 3. The lowest BCUT2D eigenvalue weighted by atomic mass is 9.76. The maximum atomic E-state index is 13.1. The second kappa shape index (κ2) is 7.89. The van der Waals surface area contributed by atoms with Gasteiger partial charge in [0.25, 0.3) is 0 Å². The molecule has 0 saturated carbocycles. The van der Waals surface area contributed by atoms with E-state index >= 15 is 0 Å². The van der Waals surface area contributed by atoms with E-state index in [4.69, 9.17) is 5.73 Å². The zero-order chi connectivity index (χ0) is 21.6. The second-order valence-corrected chi connectivity index (χ2v) is 10.4. The summed E-state index contributed by atoms with van der Waals surface area (Å²) in [6, 6.07) is 2.27. The van der Waals surface area contributed by atoms with Crippen LogP contribution >= 0.6 is 23.1 Å². The molecule has 0 spiro atoms. The van der Waals surface area contributed by atoms with Crippen LogP contribution in [0.5, 0.6) is 0 Å². The van der Waals surface area contributed by atoms with Gasteiger partial charge in [0.05, 0.1) is 23.8 Å². The lowest BCUT2D eigenvalue weighted by Crippen LogP contribution is -2.38. The monoisotopic (exact) mass is 441 g/mol. The summed E-state index contributed by atoms with van der Waals surface area (Å²) in [4.78, 5) is 14.9. The molecule has 0 fully saturated rings. The molecule has 30 heavy (non-hydrogen) atoms. The van der Waals surface area contributed by atoms with Gasteiger partial charge in [-0.25, -0.2) is 0 Å². The van der Waals surface area contributed by atoms with Crippen LogP contribution in [-0.4, -0.2) is 31.0 Å². The lowest BCUT2D eigenvalue weighted by molar-refractivity contribution is -0.116. The molecule has 1 aliphatic heterocycles. The minimum atomic E-state index is -0.500. The van der Waals surface area contributed by atoms with Crippen molar-refractivity contribution in [2.24, 2.45) is 12.8 Å². The number of hydrogen-bond acceptors (Lipinski definition) is 9. The Labute approximate surface area is 183 Å². The number of thioether (sulfide) groups is 1. The van der Waals surface area contributed by atoms with Gasteiger partial charge >= 0.3 is 0 Å². The van der Waals surface area contributed by atoms with Gasteiger partial charge in [0.15, 0.2) is 10.1 Å². The summed E-state index contributed by atoms with van der Waals surface area (Å²) >= 11 is 3.05. The van der Waals surface area contributed by atoms with Gasteiger partial charge < -0.3 is 5.73 Å². The van der Waals surface area contributed by atoms with Gasteiger partial charge in [0.1, 0.15) is 5.82 Å². The molecule has 10 heteroatoms. The van der Waals surface area contributed by atoms with E-state index in [1.165, 1.54) is 11.3 Å². The first-order valence-corrected chi connectivity index (χ1v) is 11.5. The van der Waals surface area contributed by atoms with E-state index in [9.17, 15) is 10.1 Å². The molecule has 2 aliphatic rings. The standard InChI is InChI=1S/C20H23N7OS2/c1-10(2)29-20-25-24-19(30-20)27-14-6-5-7-15(28)17(14)16(12(8-21)18(27)22)13-9-23-26(4)11(13)3/h9-10,16H,5-7,22H2,1-4H3. The fourth-order valence-electron chi connectivity index (χ4n) is 3.96. The fourth-order valence-corrected chi connectivity index (χ4v) is 6.06. The number of nitriles is 1. The van der Waals surface area contributed by atoms with E-state index in [2.05, 4.69) is 35.2 Å². The van der Waals surface area contributed by atoms with Crippen LogP contribution in [0.15, 0.2) is 33.2 Å². The van der Waals surface area contributed by atoms with Crippen molar-refractivity contribution in [3.8, 4) is 6.07 Å². The fraction of sp³-hybridized carbons (Fsp3) is 0.450. The average molecular weight is 442 g/mol. The Morgan fingerprint density at radius 3 is 2.77 bits per heavy atom. The first-order chi connectivity index (χ1) is 14.3. The molecule has 2 aromatic rings. The highest BCUT2D eigenvalue weighted by Gasteiger charge is 2.42. The molecule has 1 atom stereocenters. The van der Waals surface area contributed by atoms with E-state index in [-0.39, 0.29) is 5.78 Å². The molecule has 156 valence electrons. The number of aryl methyl sites for hydroxylation is 1. The number of carbonyl (C=O) groups excluding carboxylic acids is 1. The predicted molar refractivity (Wildman–Crippen MR) is 117 cm³/mol. The van der Waals surface area contributed by atoms with Crippen LogP contribution in [0.3, 0.4) is 0 Å². The molecular weight excluding hydrogens is 418 g/mol. The summed E-state index contributed by atoms with van der Waals surface area (Å²) in [6.45, 7) is 6.12. The van der Waals surface area contributed by atoms with Crippen molar-refractivity contribution in [1.82, 2.24) is 20.0 Å². The maximum Gasteiger partial charge on any atom is 0.219 e. The lowest BCUT2D eigenvalue weighted by Gasteiger charge is -2.37. The van der Waals surface area contributed by atoms with Gasteiger partial charge in [0, 0.05) is 41.2 Å². The van der Waals surface area contributed by atoms with Crippen molar-refractivity contribution < 1.29 is 4.79 Å². The van der Waals surface area contributed by atoms with Crippen molar-refractivity contribution >= 4 is 34.0 Å². The zero-order valence-corrected chi connectivity index (χ0v) is 19.0. The molecule has 0 amide bonds. The summed E-state index contributed by atoms with van der Waals surface area (Å²) in [5, 5.41) is 23.9. The molecule has 8 nitrogen and oxygen atoms in total. The highest BCUT2D eigenvalue weighted by molar-refractivity contribution is 8.01. The summed E-state index contributed by atoms with van der Waals surface area (Å²) in [7, 11) is 1.85. The van der Waals surface area contributed by atoms with Crippen molar-refractivity contribution in [3.63, 3.8) is 0 Å². The number of hydrogen-bond donors (Lipinski definition) is 1. The molecule has 1 aliphatic carbocycles. The van der Waals surface area contributed by atoms with Crippen LogP contribution in [-0.2, 0) is 11.8 Å². The van der Waals surface area contributed by atoms with Crippen LogP contribution in [0.1, 0.15) is 50.3 Å². The van der Waals surface area contributed by atoms with Gasteiger partial charge in [-0.15, -0.1) is 10.2 Å². The average Bonchev–Trinajstić information content (AvgIpc) is 3.27. The third kappa shape index (κ3) is 3.32. The molecule has 0 saturated heterocycles. The third-order valence-electron chi connectivity index (χ3n) is 5.42. The van der Waals surface area contributed by atoms with E-state index in [1.54, 1.807) is 27.5 Å². The first kappa shape index (κ1) is 20.6.